The van der Waals surface area contributed by atoms with Gasteiger partial charge in [0.2, 0.25) is 0 Å². The molecule has 28 heavy (non-hydrogen) atoms. The van der Waals surface area contributed by atoms with E-state index < -0.39 is 22.8 Å². The Bertz CT molecular complexity index is 842. The maximum absolute atomic E-state index is 13.5. The Morgan fingerprint density at radius 2 is 1.86 bits per heavy atom. The van der Waals surface area contributed by atoms with Gasteiger partial charge in [0, 0.05) is 25.2 Å². The van der Waals surface area contributed by atoms with Crippen LogP contribution in [-0.2, 0) is 16.9 Å². The van der Waals surface area contributed by atoms with E-state index >= 15 is 0 Å². The van der Waals surface area contributed by atoms with Crippen LogP contribution < -0.4 is 5.32 Å². The molecule has 3 rings (SSSR count). The lowest BCUT2D eigenvalue weighted by molar-refractivity contribution is -0.157. The van der Waals surface area contributed by atoms with Crippen LogP contribution in [0, 0.1) is 11.6 Å². The summed E-state index contributed by atoms with van der Waals surface area (Å²) in [6.07, 6.45) is 0.997. The molecule has 0 aliphatic carbocycles. The van der Waals surface area contributed by atoms with E-state index in [2.05, 4.69) is 5.32 Å². The van der Waals surface area contributed by atoms with Crippen LogP contribution in [0.1, 0.15) is 37.8 Å². The van der Waals surface area contributed by atoms with E-state index in [0.29, 0.717) is 24.9 Å². The highest BCUT2D eigenvalue weighted by Gasteiger charge is 2.43. The third-order valence-corrected chi connectivity index (χ3v) is 5.38. The Morgan fingerprint density at radius 1 is 1.14 bits per heavy atom. The topological polar surface area (TPSA) is 52.6 Å². The van der Waals surface area contributed by atoms with Gasteiger partial charge in [-0.05, 0) is 49.9 Å². The molecule has 0 saturated carbocycles. The van der Waals surface area contributed by atoms with Crippen molar-refractivity contribution in [1.82, 2.24) is 10.2 Å². The van der Waals surface area contributed by atoms with Gasteiger partial charge in [-0.25, -0.2) is 8.78 Å². The fraction of sp³-hybridized carbons (Fsp3) is 0.409. The molecule has 1 amide bonds. The van der Waals surface area contributed by atoms with Gasteiger partial charge in [-0.3, -0.25) is 4.79 Å². The second-order valence-electron chi connectivity index (χ2n) is 7.95. The zero-order valence-corrected chi connectivity index (χ0v) is 16.2. The van der Waals surface area contributed by atoms with Gasteiger partial charge in [0.25, 0.3) is 5.91 Å². The molecule has 2 aromatic rings. The van der Waals surface area contributed by atoms with Crippen LogP contribution in [0.25, 0.3) is 0 Å². The SMILES string of the molecule is CC(C)(NCC1(O)CCCN(Cc2ccc(F)c(F)c2)C1=O)c1ccccc1. The number of hydrogen-bond acceptors (Lipinski definition) is 3. The van der Waals surface area contributed by atoms with Crippen molar-refractivity contribution >= 4 is 5.91 Å². The van der Waals surface area contributed by atoms with Crippen molar-refractivity contribution in [2.45, 2.75) is 44.4 Å². The summed E-state index contributed by atoms with van der Waals surface area (Å²) in [6.45, 7) is 4.72. The number of aliphatic hydroxyl groups is 1. The second-order valence-corrected chi connectivity index (χ2v) is 7.95. The number of rotatable bonds is 6. The predicted octanol–water partition coefficient (Wildman–Crippen LogP) is 3.34. The van der Waals surface area contributed by atoms with Crippen molar-refractivity contribution in [2.75, 3.05) is 13.1 Å². The second kappa shape index (κ2) is 7.97. The first-order valence-electron chi connectivity index (χ1n) is 9.47. The minimum absolute atomic E-state index is 0.113. The molecule has 4 nitrogen and oxygen atoms in total. The highest BCUT2D eigenvalue weighted by molar-refractivity contribution is 5.86. The third-order valence-electron chi connectivity index (χ3n) is 5.38. The number of amides is 1. The fourth-order valence-electron chi connectivity index (χ4n) is 3.56. The summed E-state index contributed by atoms with van der Waals surface area (Å²) in [5.41, 5.74) is -0.391. The molecule has 150 valence electrons. The smallest absolute Gasteiger partial charge is 0.256 e. The Balaban J connectivity index is 1.69. The molecule has 1 saturated heterocycles. The van der Waals surface area contributed by atoms with Gasteiger partial charge in [0.05, 0.1) is 0 Å². The lowest BCUT2D eigenvalue weighted by Gasteiger charge is -2.40. The van der Waals surface area contributed by atoms with E-state index in [-0.39, 0.29) is 19.0 Å². The van der Waals surface area contributed by atoms with Crippen LogP contribution in [0.15, 0.2) is 48.5 Å². The molecular formula is C22H26F2N2O2. The van der Waals surface area contributed by atoms with Crippen molar-refractivity contribution in [3.8, 4) is 0 Å². The molecule has 2 aromatic carbocycles. The van der Waals surface area contributed by atoms with Crippen molar-refractivity contribution in [3.05, 3.63) is 71.3 Å². The van der Waals surface area contributed by atoms with Crippen LogP contribution in [-0.4, -0.2) is 34.6 Å². The van der Waals surface area contributed by atoms with E-state index in [1.54, 1.807) is 0 Å². The molecule has 1 atom stereocenters. The number of halogens is 2. The Hall–Kier alpha value is -2.31. The molecule has 0 radical (unpaired) electrons. The van der Waals surface area contributed by atoms with Gasteiger partial charge in [0.1, 0.15) is 0 Å². The minimum Gasteiger partial charge on any atom is -0.379 e. The molecule has 2 N–H and O–H groups in total. The normalized spacial score (nSPS) is 20.5. The number of hydrogen-bond donors (Lipinski definition) is 2. The maximum Gasteiger partial charge on any atom is 0.256 e. The summed E-state index contributed by atoms with van der Waals surface area (Å²) in [7, 11) is 0. The van der Waals surface area contributed by atoms with Crippen molar-refractivity contribution < 1.29 is 18.7 Å². The number of carbonyl (C=O) groups excluding carboxylic acids is 1. The highest BCUT2D eigenvalue weighted by atomic mass is 19.2. The fourth-order valence-corrected chi connectivity index (χ4v) is 3.56. The maximum atomic E-state index is 13.5. The quantitative estimate of drug-likeness (QED) is 0.798. The molecular weight excluding hydrogens is 362 g/mol. The summed E-state index contributed by atoms with van der Waals surface area (Å²) in [5.74, 6) is -2.25. The zero-order valence-electron chi connectivity index (χ0n) is 16.2. The lowest BCUT2D eigenvalue weighted by atomic mass is 9.88. The Labute approximate surface area is 164 Å². The molecule has 1 unspecified atom stereocenters. The predicted molar refractivity (Wildman–Crippen MR) is 103 cm³/mol. The number of nitrogens with zero attached hydrogens (tertiary/aromatic N) is 1. The minimum atomic E-state index is -1.52. The van der Waals surface area contributed by atoms with Crippen molar-refractivity contribution in [3.63, 3.8) is 0 Å². The molecule has 0 aromatic heterocycles. The van der Waals surface area contributed by atoms with E-state index in [0.717, 1.165) is 17.7 Å². The van der Waals surface area contributed by atoms with Gasteiger partial charge in [-0.1, -0.05) is 36.4 Å². The molecule has 6 heteroatoms. The monoisotopic (exact) mass is 388 g/mol. The van der Waals surface area contributed by atoms with Crippen LogP contribution in [0.4, 0.5) is 8.78 Å². The standard InChI is InChI=1S/C22H26F2N2O2/c1-21(2,17-7-4-3-5-8-17)25-15-22(28)11-6-12-26(20(22)27)14-16-9-10-18(23)19(24)13-16/h3-5,7-10,13,25,28H,6,11-12,14-15H2,1-2H3. The first-order valence-corrected chi connectivity index (χ1v) is 9.47. The first kappa shape index (κ1) is 20.4. The van der Waals surface area contributed by atoms with Gasteiger partial charge in [0.15, 0.2) is 17.2 Å². The van der Waals surface area contributed by atoms with Crippen molar-refractivity contribution in [1.29, 1.82) is 0 Å². The molecule has 1 heterocycles. The lowest BCUT2D eigenvalue weighted by Crippen LogP contribution is -2.59. The van der Waals surface area contributed by atoms with Crippen LogP contribution in [0.2, 0.25) is 0 Å². The highest BCUT2D eigenvalue weighted by Crippen LogP contribution is 2.27. The Kier molecular flexibility index (Phi) is 5.82. The summed E-state index contributed by atoms with van der Waals surface area (Å²) < 4.78 is 26.6. The van der Waals surface area contributed by atoms with Gasteiger partial charge < -0.3 is 15.3 Å². The van der Waals surface area contributed by atoms with E-state index in [9.17, 15) is 18.7 Å². The molecule has 1 aliphatic heterocycles. The summed E-state index contributed by atoms with van der Waals surface area (Å²) in [6, 6.07) is 13.4. The van der Waals surface area contributed by atoms with Gasteiger partial charge >= 0.3 is 0 Å². The summed E-state index contributed by atoms with van der Waals surface area (Å²) in [5, 5.41) is 14.3. The van der Waals surface area contributed by atoms with Gasteiger partial charge in [-0.2, -0.15) is 0 Å². The van der Waals surface area contributed by atoms with Gasteiger partial charge in [-0.15, -0.1) is 0 Å². The number of nitrogens with one attached hydrogen (secondary N) is 1. The van der Waals surface area contributed by atoms with Crippen molar-refractivity contribution in [2.24, 2.45) is 0 Å². The largest absolute Gasteiger partial charge is 0.379 e. The third kappa shape index (κ3) is 4.39. The number of benzene rings is 2. The molecule has 0 bridgehead atoms. The zero-order chi connectivity index (χ0) is 20.4. The molecule has 0 spiro atoms. The van der Waals surface area contributed by atoms with E-state index in [1.807, 2.05) is 44.2 Å². The number of likely N-dealkylation sites (tertiary alicyclic amines) is 1. The average molecular weight is 388 g/mol. The Morgan fingerprint density at radius 3 is 2.54 bits per heavy atom. The van der Waals surface area contributed by atoms with E-state index in [4.69, 9.17) is 0 Å². The number of carbonyl (C=O) groups is 1. The van der Waals surface area contributed by atoms with Crippen LogP contribution in [0.3, 0.4) is 0 Å². The van der Waals surface area contributed by atoms with E-state index in [1.165, 1.54) is 11.0 Å². The molecule has 1 fully saturated rings. The van der Waals surface area contributed by atoms with Crippen LogP contribution in [0.5, 0.6) is 0 Å². The summed E-state index contributed by atoms with van der Waals surface area (Å²) in [4.78, 5) is 14.4. The number of piperidine rings is 1. The molecule has 1 aliphatic rings. The summed E-state index contributed by atoms with van der Waals surface area (Å²) >= 11 is 0. The average Bonchev–Trinajstić information content (AvgIpc) is 2.68. The first-order chi connectivity index (χ1) is 13.2. The van der Waals surface area contributed by atoms with Crippen LogP contribution >= 0.6 is 0 Å².